The molecule has 51 heavy (non-hydrogen) atoms. The van der Waals surface area contributed by atoms with Crippen LogP contribution in [-0.2, 0) is 14.3 Å². The highest BCUT2D eigenvalue weighted by atomic mass is 16.5. The van der Waals surface area contributed by atoms with Gasteiger partial charge in [-0.15, -0.1) is 0 Å². The predicted molar refractivity (Wildman–Crippen MR) is 202 cm³/mol. The number of likely N-dealkylation sites (tertiary alicyclic amines) is 1. The maximum Gasteiger partial charge on any atom is 0.315 e. The largest absolute Gasteiger partial charge is 0.481 e. The van der Waals surface area contributed by atoms with E-state index in [4.69, 9.17) is 4.74 Å². The molecule has 3 N–H and O–H groups in total. The minimum absolute atomic E-state index is 0.0315. The van der Waals surface area contributed by atoms with Crippen molar-refractivity contribution in [2.75, 3.05) is 26.7 Å². The molecule has 1 saturated heterocycles. The van der Waals surface area contributed by atoms with Crippen LogP contribution in [0.3, 0.4) is 0 Å². The Bertz CT molecular complexity index is 1390. The van der Waals surface area contributed by atoms with Gasteiger partial charge in [-0.3, -0.25) is 9.59 Å². The van der Waals surface area contributed by atoms with Gasteiger partial charge in [0.25, 0.3) is 0 Å². The number of nitrogens with zero attached hydrogens (tertiary/aromatic N) is 1. The number of carbonyl (C=O) groups excluding carboxylic acids is 2. The number of carboxylic acid groups (broad SMARTS) is 1. The van der Waals surface area contributed by atoms with Gasteiger partial charge in [-0.1, -0.05) is 46.8 Å². The normalized spacial score (nSPS) is 42.4. The number of esters is 1. The first-order chi connectivity index (χ1) is 23.7. The third kappa shape index (κ3) is 6.37. The summed E-state index contributed by atoms with van der Waals surface area (Å²) in [5.74, 6) is 1.58. The Morgan fingerprint density at radius 2 is 1.55 bits per heavy atom. The molecule has 8 nitrogen and oxygen atoms in total. The number of hydrogen-bond acceptors (Lipinski definition) is 5. The lowest BCUT2D eigenvalue weighted by Crippen LogP contribution is -2.69. The van der Waals surface area contributed by atoms with Crippen LogP contribution in [0.2, 0.25) is 0 Å². The minimum Gasteiger partial charge on any atom is -0.481 e. The zero-order valence-corrected chi connectivity index (χ0v) is 33.6. The molecular formula is C43H71N3O5. The topological polar surface area (TPSA) is 108 Å². The second-order valence-corrected chi connectivity index (χ2v) is 20.6. The number of carbonyl (C=O) groups is 3. The minimum atomic E-state index is -1.14. The Morgan fingerprint density at radius 1 is 0.863 bits per heavy atom. The first kappa shape index (κ1) is 38.6. The van der Waals surface area contributed by atoms with Gasteiger partial charge in [-0.25, -0.2) is 4.79 Å². The fourth-order valence-corrected chi connectivity index (χ4v) is 14.0. The van der Waals surface area contributed by atoms with Gasteiger partial charge in [0.05, 0.1) is 11.8 Å². The van der Waals surface area contributed by atoms with Crippen LogP contribution in [0, 0.1) is 62.6 Å². The van der Waals surface area contributed by atoms with Crippen molar-refractivity contribution in [3.05, 3.63) is 12.2 Å². The van der Waals surface area contributed by atoms with E-state index in [1.165, 1.54) is 24.8 Å². The van der Waals surface area contributed by atoms with Crippen molar-refractivity contribution in [2.45, 2.75) is 151 Å². The summed E-state index contributed by atoms with van der Waals surface area (Å²) >= 11 is 0. The van der Waals surface area contributed by atoms with Crippen LogP contribution >= 0.6 is 0 Å². The van der Waals surface area contributed by atoms with Gasteiger partial charge in [0.15, 0.2) is 0 Å². The molecule has 0 aromatic rings. The van der Waals surface area contributed by atoms with E-state index in [2.05, 4.69) is 70.7 Å². The Labute approximate surface area is 309 Å². The molecule has 0 aromatic heterocycles. The maximum atomic E-state index is 13.7. The van der Waals surface area contributed by atoms with Crippen LogP contribution in [-0.4, -0.2) is 66.3 Å². The second kappa shape index (κ2) is 13.3. The van der Waals surface area contributed by atoms with Crippen LogP contribution in [0.4, 0.5) is 4.79 Å². The van der Waals surface area contributed by atoms with E-state index in [-0.39, 0.29) is 45.8 Å². The number of allylic oxidation sites excluding steroid dienone is 1. The summed E-state index contributed by atoms with van der Waals surface area (Å²) < 4.78 is 6.18. The molecule has 0 aromatic carbocycles. The molecule has 1 aliphatic heterocycles. The summed E-state index contributed by atoms with van der Waals surface area (Å²) in [6.07, 6.45) is 12.9. The molecule has 6 rings (SSSR count). The lowest BCUT2D eigenvalue weighted by atomic mass is 9.32. The van der Waals surface area contributed by atoms with E-state index in [9.17, 15) is 19.5 Å². The van der Waals surface area contributed by atoms with Gasteiger partial charge in [0, 0.05) is 17.5 Å². The summed E-state index contributed by atoms with van der Waals surface area (Å²) in [5.41, 5.74) is 0.250. The molecule has 8 heteroatoms. The zero-order valence-electron chi connectivity index (χ0n) is 33.6. The SMILES string of the molecule is C=C(C)[C@@H]1CCC2(NC(=O)NCC3CCN(C)CC3)CC[C@]3(C)[C@H](CCC4C3(C)CCC3C(C)(C)[C@@H](OC(=O)CC(C)(C)C(=O)O)CC[C@@]34C)C12. The first-order valence-corrected chi connectivity index (χ1v) is 20.5. The summed E-state index contributed by atoms with van der Waals surface area (Å²) in [6.45, 7) is 25.4. The highest BCUT2D eigenvalue weighted by Gasteiger charge is 2.71. The van der Waals surface area contributed by atoms with E-state index in [1.807, 2.05) is 0 Å². The lowest BCUT2D eigenvalue weighted by molar-refractivity contribution is -0.246. The number of nitrogens with one attached hydrogen (secondary N) is 2. The van der Waals surface area contributed by atoms with Crippen molar-refractivity contribution in [3.8, 4) is 0 Å². The second-order valence-electron chi connectivity index (χ2n) is 20.6. The number of piperidine rings is 1. The van der Waals surface area contributed by atoms with Gasteiger partial charge in [0.2, 0.25) is 0 Å². The Balaban J connectivity index is 1.20. The number of ether oxygens (including phenoxy) is 1. The van der Waals surface area contributed by atoms with Gasteiger partial charge in [-0.2, -0.15) is 0 Å². The van der Waals surface area contributed by atoms with Crippen molar-refractivity contribution in [1.82, 2.24) is 15.5 Å². The number of aliphatic carboxylic acids is 1. The summed E-state index contributed by atoms with van der Waals surface area (Å²) in [6, 6.07) is 0.0315. The molecule has 2 amide bonds. The molecule has 6 aliphatic rings. The zero-order chi connectivity index (χ0) is 37.4. The lowest BCUT2D eigenvalue weighted by Gasteiger charge is -2.73. The van der Waals surface area contributed by atoms with Crippen molar-refractivity contribution in [2.24, 2.45) is 62.6 Å². The molecule has 5 unspecified atom stereocenters. The van der Waals surface area contributed by atoms with E-state index in [0.717, 1.165) is 77.4 Å². The number of amides is 2. The Hall–Kier alpha value is -2.09. The smallest absolute Gasteiger partial charge is 0.315 e. The number of carboxylic acids is 1. The van der Waals surface area contributed by atoms with Crippen molar-refractivity contribution < 1.29 is 24.2 Å². The molecule has 288 valence electrons. The number of urea groups is 1. The fraction of sp³-hybridized carbons (Fsp3) is 0.884. The molecule has 0 bridgehead atoms. The summed E-state index contributed by atoms with van der Waals surface area (Å²) in [7, 11) is 2.18. The molecule has 5 saturated carbocycles. The Morgan fingerprint density at radius 3 is 2.20 bits per heavy atom. The van der Waals surface area contributed by atoms with Crippen molar-refractivity contribution in [3.63, 3.8) is 0 Å². The van der Waals surface area contributed by atoms with Crippen LogP contribution in [0.5, 0.6) is 0 Å². The molecule has 6 fully saturated rings. The van der Waals surface area contributed by atoms with Crippen LogP contribution < -0.4 is 10.6 Å². The van der Waals surface area contributed by atoms with E-state index >= 15 is 0 Å². The maximum absolute atomic E-state index is 13.7. The Kier molecular flexibility index (Phi) is 10.1. The monoisotopic (exact) mass is 710 g/mol. The highest BCUT2D eigenvalue weighted by Crippen LogP contribution is 2.76. The average Bonchev–Trinajstić information content (AvgIpc) is 3.42. The van der Waals surface area contributed by atoms with Gasteiger partial charge >= 0.3 is 18.0 Å². The van der Waals surface area contributed by atoms with Crippen molar-refractivity contribution >= 4 is 18.0 Å². The van der Waals surface area contributed by atoms with Gasteiger partial charge < -0.3 is 25.4 Å². The van der Waals surface area contributed by atoms with Gasteiger partial charge in [-0.05, 0) is 170 Å². The molecular weight excluding hydrogens is 638 g/mol. The van der Waals surface area contributed by atoms with E-state index in [1.54, 1.807) is 13.8 Å². The number of hydrogen-bond donors (Lipinski definition) is 3. The van der Waals surface area contributed by atoms with Crippen molar-refractivity contribution in [1.29, 1.82) is 0 Å². The number of fused-ring (bicyclic) bond motifs is 7. The third-order valence-electron chi connectivity index (χ3n) is 17.2. The van der Waals surface area contributed by atoms with E-state index in [0.29, 0.717) is 35.5 Å². The quantitative estimate of drug-likeness (QED) is 0.173. The van der Waals surface area contributed by atoms with Crippen LogP contribution in [0.25, 0.3) is 0 Å². The summed E-state index contributed by atoms with van der Waals surface area (Å²) in [5, 5.41) is 16.6. The van der Waals surface area contributed by atoms with E-state index < -0.39 is 17.4 Å². The average molecular weight is 710 g/mol. The fourth-order valence-electron chi connectivity index (χ4n) is 14.0. The molecule has 5 aliphatic carbocycles. The number of rotatable bonds is 8. The molecule has 0 spiro atoms. The molecule has 10 atom stereocenters. The van der Waals surface area contributed by atoms with Crippen LogP contribution in [0.1, 0.15) is 139 Å². The third-order valence-corrected chi connectivity index (χ3v) is 17.2. The molecule has 1 heterocycles. The highest BCUT2D eigenvalue weighted by molar-refractivity contribution is 5.81. The van der Waals surface area contributed by atoms with Gasteiger partial charge in [0.1, 0.15) is 6.10 Å². The molecule has 0 radical (unpaired) electrons. The standard InChI is InChI=1S/C43H71N3O5/c1-27(2)29-13-20-43(45-37(50)44-26-28-16-23-46(10)24-17-28)22-21-41(8)30(35(29)43)11-12-32-40(7)18-15-33(51-34(47)25-38(3,4)36(48)49)39(5,6)31(40)14-19-42(32,41)9/h28-33,35H,1,11-26H2,2-10H3,(H,48,49)(H2,44,45,50)/t29-,30+,31?,32?,33-,35?,40-,41+,42?,43?/m0/s1. The predicted octanol–water partition coefficient (Wildman–Crippen LogP) is 8.45. The first-order valence-electron chi connectivity index (χ1n) is 20.5. The summed E-state index contributed by atoms with van der Waals surface area (Å²) in [4.78, 5) is 40.9. The van der Waals surface area contributed by atoms with Crippen LogP contribution in [0.15, 0.2) is 12.2 Å².